The summed E-state index contributed by atoms with van der Waals surface area (Å²) in [4.78, 5) is 21.0. The molecule has 0 saturated heterocycles. The third-order valence-electron chi connectivity index (χ3n) is 1.87. The summed E-state index contributed by atoms with van der Waals surface area (Å²) in [5.74, 6) is 0. The molecule has 1 rings (SSSR count). The predicted octanol–water partition coefficient (Wildman–Crippen LogP) is 1.93. The monoisotopic (exact) mass is 162 g/mol. The molecule has 0 aliphatic heterocycles. The van der Waals surface area contributed by atoms with Crippen LogP contribution in [0, 0.1) is 13.8 Å². The van der Waals surface area contributed by atoms with Gasteiger partial charge in [-0.1, -0.05) is 0 Å². The van der Waals surface area contributed by atoms with Crippen molar-refractivity contribution in [2.45, 2.75) is 13.8 Å². The van der Waals surface area contributed by atoms with Gasteiger partial charge < -0.3 is 0 Å². The van der Waals surface area contributed by atoms with Crippen LogP contribution >= 0.6 is 0 Å². The average Bonchev–Trinajstić information content (AvgIpc) is 2.03. The molecule has 0 aromatic heterocycles. The lowest BCUT2D eigenvalue weighted by atomic mass is 10.0. The zero-order valence-electron chi connectivity index (χ0n) is 7.13. The molecule has 0 bridgehead atoms. The van der Waals surface area contributed by atoms with E-state index in [4.69, 9.17) is 0 Å². The fourth-order valence-corrected chi connectivity index (χ4v) is 1.26. The number of aldehydes is 2. The minimum absolute atomic E-state index is 0.621. The Balaban J connectivity index is 3.36. The maximum absolute atomic E-state index is 10.6. The molecule has 0 atom stereocenters. The van der Waals surface area contributed by atoms with Gasteiger partial charge in [0.05, 0.1) is 0 Å². The Hall–Kier alpha value is -1.44. The number of rotatable bonds is 2. The molecule has 1 aromatic carbocycles. The maximum Gasteiger partial charge on any atom is 0.150 e. The van der Waals surface area contributed by atoms with Crippen LogP contribution in [0.15, 0.2) is 12.1 Å². The van der Waals surface area contributed by atoms with Gasteiger partial charge in [-0.2, -0.15) is 0 Å². The van der Waals surface area contributed by atoms with Gasteiger partial charge in [-0.05, 0) is 37.1 Å². The van der Waals surface area contributed by atoms with Gasteiger partial charge in [0.1, 0.15) is 6.29 Å². The molecule has 0 amide bonds. The van der Waals surface area contributed by atoms with E-state index in [-0.39, 0.29) is 0 Å². The summed E-state index contributed by atoms with van der Waals surface area (Å²) in [5, 5.41) is 0. The van der Waals surface area contributed by atoms with Crippen LogP contribution in [0.1, 0.15) is 31.8 Å². The Kier molecular flexibility index (Phi) is 2.38. The highest BCUT2D eigenvalue weighted by molar-refractivity contribution is 5.83. The smallest absolute Gasteiger partial charge is 0.150 e. The molecule has 0 aliphatic rings. The van der Waals surface area contributed by atoms with E-state index in [1.54, 1.807) is 12.1 Å². The van der Waals surface area contributed by atoms with E-state index in [1.165, 1.54) is 0 Å². The highest BCUT2D eigenvalue weighted by Gasteiger charge is 2.02. The Morgan fingerprint density at radius 2 is 1.50 bits per heavy atom. The van der Waals surface area contributed by atoms with Gasteiger partial charge in [0, 0.05) is 11.1 Å². The second kappa shape index (κ2) is 3.30. The first-order chi connectivity index (χ1) is 5.69. The standard InChI is InChI=1S/C10H10O2/c1-7-3-9(5-11)4-8(2)10(7)6-12/h3-6H,1-2H3. The van der Waals surface area contributed by atoms with Crippen molar-refractivity contribution in [2.24, 2.45) is 0 Å². The average molecular weight is 162 g/mol. The fourth-order valence-electron chi connectivity index (χ4n) is 1.26. The van der Waals surface area contributed by atoms with Crippen LogP contribution in [0.3, 0.4) is 0 Å². The van der Waals surface area contributed by atoms with E-state index >= 15 is 0 Å². The molecule has 0 spiro atoms. The SMILES string of the molecule is Cc1cc(C=O)cc(C)c1C=O. The van der Waals surface area contributed by atoms with Gasteiger partial charge in [0.15, 0.2) is 6.29 Å². The van der Waals surface area contributed by atoms with Crippen LogP contribution in [0.4, 0.5) is 0 Å². The normalized spacial score (nSPS) is 9.50. The molecule has 2 heteroatoms. The minimum Gasteiger partial charge on any atom is -0.298 e. The van der Waals surface area contributed by atoms with Crippen LogP contribution in [-0.4, -0.2) is 12.6 Å². The summed E-state index contributed by atoms with van der Waals surface area (Å²) in [6.07, 6.45) is 1.60. The Morgan fingerprint density at radius 3 is 1.83 bits per heavy atom. The highest BCUT2D eigenvalue weighted by Crippen LogP contribution is 2.13. The van der Waals surface area contributed by atoms with Gasteiger partial charge in [-0.3, -0.25) is 9.59 Å². The van der Waals surface area contributed by atoms with Crippen molar-refractivity contribution in [3.8, 4) is 0 Å². The molecule has 0 radical (unpaired) electrons. The number of hydrogen-bond donors (Lipinski definition) is 0. The summed E-state index contributed by atoms with van der Waals surface area (Å²) in [5.41, 5.74) is 3.01. The van der Waals surface area contributed by atoms with E-state index < -0.39 is 0 Å². The summed E-state index contributed by atoms with van der Waals surface area (Å²) >= 11 is 0. The number of benzene rings is 1. The molecule has 0 saturated carbocycles. The highest BCUT2D eigenvalue weighted by atomic mass is 16.1. The van der Waals surface area contributed by atoms with Gasteiger partial charge in [-0.25, -0.2) is 0 Å². The lowest BCUT2D eigenvalue weighted by Gasteiger charge is -2.03. The third-order valence-corrected chi connectivity index (χ3v) is 1.87. The van der Waals surface area contributed by atoms with E-state index in [0.717, 1.165) is 23.7 Å². The second-order valence-electron chi connectivity index (χ2n) is 2.80. The van der Waals surface area contributed by atoms with Crippen LogP contribution < -0.4 is 0 Å². The molecule has 62 valence electrons. The largest absolute Gasteiger partial charge is 0.298 e. The van der Waals surface area contributed by atoms with Gasteiger partial charge in [-0.15, -0.1) is 0 Å². The molecule has 0 heterocycles. The lowest BCUT2D eigenvalue weighted by molar-refractivity contribution is 0.111. The molecular weight excluding hydrogens is 152 g/mol. The van der Waals surface area contributed by atoms with Crippen molar-refractivity contribution >= 4 is 12.6 Å². The molecule has 0 unspecified atom stereocenters. The molecule has 0 fully saturated rings. The van der Waals surface area contributed by atoms with E-state index in [2.05, 4.69) is 0 Å². The van der Waals surface area contributed by atoms with Crippen molar-refractivity contribution < 1.29 is 9.59 Å². The van der Waals surface area contributed by atoms with Crippen molar-refractivity contribution in [2.75, 3.05) is 0 Å². The summed E-state index contributed by atoms with van der Waals surface area (Å²) in [6.45, 7) is 3.65. The quantitative estimate of drug-likeness (QED) is 0.622. The molecular formula is C10H10O2. The van der Waals surface area contributed by atoms with Crippen molar-refractivity contribution in [3.63, 3.8) is 0 Å². The first-order valence-electron chi connectivity index (χ1n) is 3.70. The predicted molar refractivity (Wildman–Crippen MR) is 46.7 cm³/mol. The van der Waals surface area contributed by atoms with Gasteiger partial charge >= 0.3 is 0 Å². The molecule has 2 nitrogen and oxygen atoms in total. The van der Waals surface area contributed by atoms with Crippen LogP contribution in [0.5, 0.6) is 0 Å². The van der Waals surface area contributed by atoms with Crippen LogP contribution in [0.2, 0.25) is 0 Å². The van der Waals surface area contributed by atoms with E-state index in [1.807, 2.05) is 13.8 Å². The second-order valence-corrected chi connectivity index (χ2v) is 2.80. The number of carbonyl (C=O) groups is 2. The summed E-state index contributed by atoms with van der Waals surface area (Å²) in [7, 11) is 0. The molecule has 12 heavy (non-hydrogen) atoms. The van der Waals surface area contributed by atoms with Crippen molar-refractivity contribution in [1.29, 1.82) is 0 Å². The topological polar surface area (TPSA) is 34.1 Å². The Morgan fingerprint density at radius 1 is 1.00 bits per heavy atom. The van der Waals surface area contributed by atoms with Crippen LogP contribution in [0.25, 0.3) is 0 Å². The molecule has 0 aliphatic carbocycles. The zero-order chi connectivity index (χ0) is 9.14. The van der Waals surface area contributed by atoms with Crippen molar-refractivity contribution in [1.82, 2.24) is 0 Å². The first-order valence-corrected chi connectivity index (χ1v) is 3.70. The molecule has 0 N–H and O–H groups in total. The Labute approximate surface area is 71.2 Å². The third kappa shape index (κ3) is 1.42. The Bertz CT molecular complexity index is 304. The van der Waals surface area contributed by atoms with Crippen LogP contribution in [-0.2, 0) is 0 Å². The lowest BCUT2D eigenvalue weighted by Crippen LogP contribution is -1.93. The summed E-state index contributed by atoms with van der Waals surface area (Å²) in [6, 6.07) is 3.42. The van der Waals surface area contributed by atoms with Crippen molar-refractivity contribution in [3.05, 3.63) is 34.4 Å². The van der Waals surface area contributed by atoms with Gasteiger partial charge in [0.2, 0.25) is 0 Å². The van der Waals surface area contributed by atoms with E-state index in [9.17, 15) is 9.59 Å². The number of carbonyl (C=O) groups excluding carboxylic acids is 2. The summed E-state index contributed by atoms with van der Waals surface area (Å²) < 4.78 is 0. The zero-order valence-corrected chi connectivity index (χ0v) is 7.13. The fraction of sp³-hybridized carbons (Fsp3) is 0.200. The minimum atomic E-state index is 0.621. The molecule has 1 aromatic rings. The number of hydrogen-bond acceptors (Lipinski definition) is 2. The number of aryl methyl sites for hydroxylation is 2. The maximum atomic E-state index is 10.6. The van der Waals surface area contributed by atoms with Gasteiger partial charge in [0.25, 0.3) is 0 Å². The van der Waals surface area contributed by atoms with E-state index in [0.29, 0.717) is 11.1 Å². The first kappa shape index (κ1) is 8.65.